The molecule has 0 spiro atoms. The molecule has 82 valence electrons. The number of rotatable bonds is 1. The number of hydrogen-bond acceptors (Lipinski definition) is 2. The lowest BCUT2D eigenvalue weighted by atomic mass is 9.95. The van der Waals surface area contributed by atoms with Crippen molar-refractivity contribution in [2.24, 2.45) is 0 Å². The van der Waals surface area contributed by atoms with E-state index in [1.807, 2.05) is 0 Å². The second kappa shape index (κ2) is 3.70. The molecule has 1 amide bonds. The Balaban J connectivity index is 2.08. The summed E-state index contributed by atoms with van der Waals surface area (Å²) in [4.78, 5) is 16.5. The fraction of sp³-hybridized carbons (Fsp3) is 0.545. The van der Waals surface area contributed by atoms with E-state index in [2.05, 4.69) is 4.98 Å². The Morgan fingerprint density at radius 3 is 3.07 bits per heavy atom. The van der Waals surface area contributed by atoms with E-state index >= 15 is 0 Å². The van der Waals surface area contributed by atoms with Crippen LogP contribution in [0.2, 0.25) is 0 Å². The second-order valence-electron chi connectivity index (χ2n) is 4.41. The molecule has 1 aliphatic heterocycles. The quantitative estimate of drug-likeness (QED) is 0.723. The van der Waals surface area contributed by atoms with Gasteiger partial charge in [-0.15, -0.1) is 0 Å². The summed E-state index contributed by atoms with van der Waals surface area (Å²) in [5.74, 6) is -0.0278. The van der Waals surface area contributed by atoms with Gasteiger partial charge in [0.25, 0.3) is 5.91 Å². The highest BCUT2D eigenvalue weighted by Gasteiger charge is 2.31. The molecule has 0 bridgehead atoms. The van der Waals surface area contributed by atoms with E-state index in [0.29, 0.717) is 12.2 Å². The van der Waals surface area contributed by atoms with Crippen LogP contribution in [-0.2, 0) is 0 Å². The van der Waals surface area contributed by atoms with Gasteiger partial charge < -0.3 is 15.0 Å². The monoisotopic (exact) mass is 208 g/mol. The van der Waals surface area contributed by atoms with Crippen LogP contribution in [0.1, 0.15) is 30.3 Å². The lowest BCUT2D eigenvalue weighted by molar-refractivity contribution is -0.0109. The highest BCUT2D eigenvalue weighted by atomic mass is 16.3. The number of carbonyl (C=O) groups excluding carboxylic acids is 1. The lowest BCUT2D eigenvalue weighted by Crippen LogP contribution is -2.48. The average Bonchev–Trinajstić information content (AvgIpc) is 2.67. The predicted octanol–water partition coefficient (Wildman–Crippen LogP) is 1.00. The number of amides is 1. The fourth-order valence-corrected chi connectivity index (χ4v) is 2.03. The van der Waals surface area contributed by atoms with E-state index in [9.17, 15) is 9.90 Å². The van der Waals surface area contributed by atoms with Gasteiger partial charge in [-0.2, -0.15) is 0 Å². The molecule has 1 saturated heterocycles. The van der Waals surface area contributed by atoms with Crippen LogP contribution >= 0.6 is 0 Å². The maximum absolute atomic E-state index is 11.9. The first kappa shape index (κ1) is 10.2. The summed E-state index contributed by atoms with van der Waals surface area (Å²) in [5.41, 5.74) is -0.145. The summed E-state index contributed by atoms with van der Waals surface area (Å²) in [6, 6.07) is 3.56. The molecule has 1 aliphatic rings. The molecule has 4 nitrogen and oxygen atoms in total. The molecule has 2 heterocycles. The van der Waals surface area contributed by atoms with E-state index in [1.165, 1.54) is 0 Å². The zero-order valence-electron chi connectivity index (χ0n) is 8.86. The van der Waals surface area contributed by atoms with Gasteiger partial charge in [-0.25, -0.2) is 0 Å². The van der Waals surface area contributed by atoms with Gasteiger partial charge in [0, 0.05) is 19.3 Å². The molecule has 0 aliphatic carbocycles. The lowest BCUT2D eigenvalue weighted by Gasteiger charge is -2.36. The molecule has 4 heteroatoms. The summed E-state index contributed by atoms with van der Waals surface area (Å²) in [6.07, 6.45) is 3.36. The Bertz CT molecular complexity index is 343. The van der Waals surface area contributed by atoms with Crippen molar-refractivity contribution in [3.63, 3.8) is 0 Å². The van der Waals surface area contributed by atoms with E-state index in [0.717, 1.165) is 19.4 Å². The number of nitrogens with one attached hydrogen (secondary N) is 1. The number of aromatic nitrogens is 1. The number of piperidine rings is 1. The molecule has 1 atom stereocenters. The normalized spacial score (nSPS) is 26.7. The largest absolute Gasteiger partial charge is 0.388 e. The number of carbonyl (C=O) groups is 1. The van der Waals surface area contributed by atoms with Crippen LogP contribution in [0.4, 0.5) is 0 Å². The van der Waals surface area contributed by atoms with Crippen molar-refractivity contribution in [3.8, 4) is 0 Å². The highest BCUT2D eigenvalue weighted by molar-refractivity contribution is 5.92. The summed E-state index contributed by atoms with van der Waals surface area (Å²) < 4.78 is 0. The Morgan fingerprint density at radius 1 is 1.67 bits per heavy atom. The number of likely N-dealkylation sites (tertiary alicyclic amines) is 1. The van der Waals surface area contributed by atoms with Crippen LogP contribution < -0.4 is 0 Å². The minimum atomic E-state index is -0.736. The average molecular weight is 208 g/mol. The van der Waals surface area contributed by atoms with E-state index < -0.39 is 5.60 Å². The van der Waals surface area contributed by atoms with Crippen molar-refractivity contribution in [2.45, 2.75) is 25.4 Å². The Kier molecular flexibility index (Phi) is 2.52. The van der Waals surface area contributed by atoms with Crippen LogP contribution in [0.5, 0.6) is 0 Å². The number of aliphatic hydroxyl groups is 1. The maximum Gasteiger partial charge on any atom is 0.270 e. The Hall–Kier alpha value is -1.29. The van der Waals surface area contributed by atoms with Crippen molar-refractivity contribution < 1.29 is 9.90 Å². The molecule has 0 saturated carbocycles. The molecule has 15 heavy (non-hydrogen) atoms. The van der Waals surface area contributed by atoms with Crippen LogP contribution in [0.25, 0.3) is 0 Å². The van der Waals surface area contributed by atoms with Gasteiger partial charge in [-0.3, -0.25) is 4.79 Å². The van der Waals surface area contributed by atoms with E-state index in [4.69, 9.17) is 0 Å². The third-order valence-corrected chi connectivity index (χ3v) is 2.79. The van der Waals surface area contributed by atoms with Gasteiger partial charge in [0.1, 0.15) is 5.69 Å². The van der Waals surface area contributed by atoms with Crippen molar-refractivity contribution in [1.82, 2.24) is 9.88 Å². The molecule has 1 unspecified atom stereocenters. The molecule has 0 aromatic carbocycles. The zero-order valence-corrected chi connectivity index (χ0v) is 8.86. The predicted molar refractivity (Wildman–Crippen MR) is 56.6 cm³/mol. The van der Waals surface area contributed by atoms with Gasteiger partial charge in [0.05, 0.1) is 5.60 Å². The first-order chi connectivity index (χ1) is 7.08. The molecule has 2 N–H and O–H groups in total. The third kappa shape index (κ3) is 2.21. The molecular formula is C11H16N2O2. The molecule has 1 fully saturated rings. The second-order valence-corrected chi connectivity index (χ2v) is 4.41. The van der Waals surface area contributed by atoms with Gasteiger partial charge in [0.2, 0.25) is 0 Å². The van der Waals surface area contributed by atoms with Crippen LogP contribution in [0.3, 0.4) is 0 Å². The third-order valence-electron chi connectivity index (χ3n) is 2.79. The first-order valence-corrected chi connectivity index (χ1v) is 5.23. The minimum Gasteiger partial charge on any atom is -0.388 e. The van der Waals surface area contributed by atoms with Gasteiger partial charge in [0.15, 0.2) is 0 Å². The van der Waals surface area contributed by atoms with Gasteiger partial charge >= 0.3 is 0 Å². The van der Waals surface area contributed by atoms with Crippen molar-refractivity contribution in [3.05, 3.63) is 24.0 Å². The smallest absolute Gasteiger partial charge is 0.270 e. The molecular weight excluding hydrogens is 192 g/mol. The van der Waals surface area contributed by atoms with Gasteiger partial charge in [-0.1, -0.05) is 0 Å². The number of aromatic amines is 1. The standard InChI is InChI=1S/C11H16N2O2/c1-11(15)5-3-7-13(8-11)10(14)9-4-2-6-12-9/h2,4,6,12,15H,3,5,7-8H2,1H3. The maximum atomic E-state index is 11.9. The Labute approximate surface area is 88.9 Å². The number of nitrogens with zero attached hydrogens (tertiary/aromatic N) is 1. The van der Waals surface area contributed by atoms with Gasteiger partial charge in [-0.05, 0) is 31.9 Å². The summed E-state index contributed by atoms with van der Waals surface area (Å²) in [7, 11) is 0. The summed E-state index contributed by atoms with van der Waals surface area (Å²) >= 11 is 0. The zero-order chi connectivity index (χ0) is 10.9. The number of β-amino-alcohol motifs (C(OH)–C–C–N with tert-alkyl or cyclic N) is 1. The van der Waals surface area contributed by atoms with Crippen LogP contribution in [0, 0.1) is 0 Å². The topological polar surface area (TPSA) is 56.3 Å². The fourth-order valence-electron chi connectivity index (χ4n) is 2.03. The molecule has 1 aromatic rings. The summed E-state index contributed by atoms with van der Waals surface area (Å²) in [5, 5.41) is 9.89. The van der Waals surface area contributed by atoms with Crippen molar-refractivity contribution in [1.29, 1.82) is 0 Å². The van der Waals surface area contributed by atoms with Crippen molar-refractivity contribution >= 4 is 5.91 Å². The highest BCUT2D eigenvalue weighted by Crippen LogP contribution is 2.21. The van der Waals surface area contributed by atoms with Crippen LogP contribution in [0.15, 0.2) is 18.3 Å². The number of hydrogen-bond donors (Lipinski definition) is 2. The first-order valence-electron chi connectivity index (χ1n) is 5.23. The minimum absolute atomic E-state index is 0.0278. The van der Waals surface area contributed by atoms with E-state index in [-0.39, 0.29) is 5.91 Å². The van der Waals surface area contributed by atoms with Crippen molar-refractivity contribution in [2.75, 3.05) is 13.1 Å². The number of H-pyrrole nitrogens is 1. The molecule has 0 radical (unpaired) electrons. The van der Waals surface area contributed by atoms with E-state index in [1.54, 1.807) is 30.2 Å². The summed E-state index contributed by atoms with van der Waals surface area (Å²) in [6.45, 7) is 2.93. The van der Waals surface area contributed by atoms with Crippen LogP contribution in [-0.4, -0.2) is 39.6 Å². The molecule has 2 rings (SSSR count). The SMILES string of the molecule is CC1(O)CCCN(C(=O)c2ccc[nH]2)C1. The molecule has 1 aromatic heterocycles. The Morgan fingerprint density at radius 2 is 2.47 bits per heavy atom.